The molecule has 0 unspecified atom stereocenters. The average Bonchev–Trinajstić information content (AvgIpc) is 3.29. The van der Waals surface area contributed by atoms with Crippen molar-refractivity contribution in [2.45, 2.75) is 111 Å². The van der Waals surface area contributed by atoms with Gasteiger partial charge in [0.05, 0.1) is 0 Å². The van der Waals surface area contributed by atoms with Gasteiger partial charge in [-0.1, -0.05) is 77.7 Å². The van der Waals surface area contributed by atoms with Crippen LogP contribution >= 0.6 is 0 Å². The molecule has 1 aromatic carbocycles. The quantitative estimate of drug-likeness (QED) is 0.171. The monoisotopic (exact) mass is 559 g/mol. The molecule has 0 N–H and O–H groups in total. The summed E-state index contributed by atoms with van der Waals surface area (Å²) in [6.45, 7) is 12.6. The molecule has 3 nitrogen and oxygen atoms in total. The summed E-state index contributed by atoms with van der Waals surface area (Å²) in [5.74, 6) is 4.93. The number of nitrogens with zero attached hydrogens (tertiary/aromatic N) is 1. The Morgan fingerprint density at radius 1 is 1.00 bits per heavy atom. The lowest BCUT2D eigenvalue weighted by Gasteiger charge is -2.58. The van der Waals surface area contributed by atoms with Crippen molar-refractivity contribution in [2.24, 2.45) is 46.3 Å². The van der Waals surface area contributed by atoms with E-state index in [-0.39, 0.29) is 17.5 Å². The van der Waals surface area contributed by atoms with Crippen LogP contribution < -0.4 is 4.90 Å². The Balaban J connectivity index is 1.19. The molecule has 3 saturated carbocycles. The molecule has 0 amide bonds. The number of fused-ring (bicyclic) bond motifs is 5. The van der Waals surface area contributed by atoms with Crippen molar-refractivity contribution in [3.63, 3.8) is 0 Å². The first kappa shape index (κ1) is 30.4. The van der Waals surface area contributed by atoms with Crippen LogP contribution in [0, 0.1) is 46.3 Å². The predicted molar refractivity (Wildman–Crippen MR) is 173 cm³/mol. The smallest absolute Gasteiger partial charge is 0.331 e. The molecule has 0 spiro atoms. The Hall–Kier alpha value is -2.03. The van der Waals surface area contributed by atoms with Gasteiger partial charge in [0.1, 0.15) is 6.10 Å². The van der Waals surface area contributed by atoms with Gasteiger partial charge in [0, 0.05) is 32.3 Å². The van der Waals surface area contributed by atoms with Gasteiger partial charge < -0.3 is 9.64 Å². The minimum absolute atomic E-state index is 0.00977. The normalized spacial score (nSPS) is 35.4. The summed E-state index contributed by atoms with van der Waals surface area (Å²) in [6, 6.07) is 8.24. The maximum atomic E-state index is 12.7. The first-order valence-electron chi connectivity index (χ1n) is 16.9. The zero-order valence-electron chi connectivity index (χ0n) is 27.1. The number of ether oxygens (including phenoxy) is 1. The summed E-state index contributed by atoms with van der Waals surface area (Å²) >= 11 is 0. The molecular weight excluding hydrogens is 502 g/mol. The van der Waals surface area contributed by atoms with E-state index in [2.05, 4.69) is 57.7 Å². The third kappa shape index (κ3) is 6.21. The second-order valence-corrected chi connectivity index (χ2v) is 15.4. The number of rotatable bonds is 9. The predicted octanol–water partition coefficient (Wildman–Crippen LogP) is 9.72. The summed E-state index contributed by atoms with van der Waals surface area (Å²) in [4.78, 5) is 14.8. The molecule has 0 aromatic heterocycles. The topological polar surface area (TPSA) is 29.5 Å². The third-order valence-electron chi connectivity index (χ3n) is 12.4. The molecule has 0 bridgehead atoms. The highest BCUT2D eigenvalue weighted by atomic mass is 16.5. The lowest BCUT2D eigenvalue weighted by molar-refractivity contribution is -0.145. The van der Waals surface area contributed by atoms with Crippen molar-refractivity contribution in [1.29, 1.82) is 0 Å². The van der Waals surface area contributed by atoms with Crippen molar-refractivity contribution in [3.05, 3.63) is 47.6 Å². The number of benzene rings is 1. The van der Waals surface area contributed by atoms with E-state index in [9.17, 15) is 4.79 Å². The summed E-state index contributed by atoms with van der Waals surface area (Å²) in [6.07, 6.45) is 20.3. The molecule has 41 heavy (non-hydrogen) atoms. The van der Waals surface area contributed by atoms with Crippen LogP contribution in [0.15, 0.2) is 42.0 Å². The highest BCUT2D eigenvalue weighted by molar-refractivity contribution is 5.87. The van der Waals surface area contributed by atoms with Gasteiger partial charge in [0.25, 0.3) is 0 Å². The van der Waals surface area contributed by atoms with Crippen LogP contribution in [0.3, 0.4) is 0 Å². The average molecular weight is 560 g/mol. The molecule has 3 fully saturated rings. The van der Waals surface area contributed by atoms with E-state index in [4.69, 9.17) is 4.74 Å². The summed E-state index contributed by atoms with van der Waals surface area (Å²) in [5.41, 5.74) is 4.59. The van der Waals surface area contributed by atoms with E-state index in [1.807, 2.05) is 32.3 Å². The number of anilines is 1. The van der Waals surface area contributed by atoms with E-state index in [1.165, 1.54) is 51.4 Å². The highest BCUT2D eigenvalue weighted by Gasteiger charge is 2.59. The van der Waals surface area contributed by atoms with E-state index in [1.54, 1.807) is 11.6 Å². The van der Waals surface area contributed by atoms with Crippen LogP contribution in [0.1, 0.15) is 111 Å². The van der Waals surface area contributed by atoms with Gasteiger partial charge in [0.2, 0.25) is 0 Å². The van der Waals surface area contributed by atoms with Gasteiger partial charge in [-0.15, -0.1) is 0 Å². The fourth-order valence-electron chi connectivity index (χ4n) is 10.0. The van der Waals surface area contributed by atoms with Crippen LogP contribution in [-0.4, -0.2) is 26.2 Å². The Bertz CT molecular complexity index is 1120. The highest BCUT2D eigenvalue weighted by Crippen LogP contribution is 2.67. The van der Waals surface area contributed by atoms with Gasteiger partial charge >= 0.3 is 5.97 Å². The second kappa shape index (κ2) is 12.3. The van der Waals surface area contributed by atoms with Crippen molar-refractivity contribution in [2.75, 3.05) is 19.0 Å². The van der Waals surface area contributed by atoms with Gasteiger partial charge in [-0.25, -0.2) is 4.79 Å². The van der Waals surface area contributed by atoms with Crippen molar-refractivity contribution in [3.8, 4) is 0 Å². The molecule has 0 saturated heterocycles. The van der Waals surface area contributed by atoms with Crippen molar-refractivity contribution < 1.29 is 9.53 Å². The van der Waals surface area contributed by atoms with Gasteiger partial charge in [-0.2, -0.15) is 0 Å². The minimum atomic E-state index is -0.211. The Kier molecular flexibility index (Phi) is 9.12. The van der Waals surface area contributed by atoms with Crippen LogP contribution in [-0.2, 0) is 9.53 Å². The number of carbonyl (C=O) groups is 1. The molecule has 8 atom stereocenters. The number of allylic oxidation sites excluding steroid dienone is 1. The van der Waals surface area contributed by atoms with Gasteiger partial charge in [-0.05, 0) is 115 Å². The summed E-state index contributed by atoms with van der Waals surface area (Å²) in [7, 11) is 4.07. The van der Waals surface area contributed by atoms with Crippen LogP contribution in [0.25, 0.3) is 6.08 Å². The van der Waals surface area contributed by atoms with Crippen LogP contribution in [0.5, 0.6) is 0 Å². The van der Waals surface area contributed by atoms with Gasteiger partial charge in [-0.3, -0.25) is 0 Å². The van der Waals surface area contributed by atoms with Crippen molar-refractivity contribution >= 4 is 17.7 Å². The van der Waals surface area contributed by atoms with E-state index in [0.717, 1.165) is 66.0 Å². The minimum Gasteiger partial charge on any atom is -0.459 e. The number of carbonyl (C=O) groups excluding carboxylic acids is 1. The Morgan fingerprint density at radius 3 is 2.46 bits per heavy atom. The molecule has 1 aromatic rings. The number of hydrogen-bond donors (Lipinski definition) is 0. The van der Waals surface area contributed by atoms with E-state index in [0.29, 0.717) is 5.41 Å². The lowest BCUT2D eigenvalue weighted by Crippen LogP contribution is -2.51. The zero-order chi connectivity index (χ0) is 29.4. The SMILES string of the molecule is CC(C)CCC[C@@H](C)[C@@H]1CC[C@H]2[C@H]3CC=C4C[C@@H](OC(=O)/C=C/c5ccc(N(C)C)cc5)CC[C@]4(C)[C@@H]3CC[C@@]21C. The van der Waals surface area contributed by atoms with E-state index < -0.39 is 0 Å². The molecule has 5 rings (SSSR count). The fourth-order valence-corrected chi connectivity index (χ4v) is 10.0. The fraction of sp³-hybridized carbons (Fsp3) is 0.711. The molecule has 0 heterocycles. The summed E-state index contributed by atoms with van der Waals surface area (Å²) < 4.78 is 6.00. The molecule has 0 radical (unpaired) electrons. The van der Waals surface area contributed by atoms with Crippen LogP contribution in [0.4, 0.5) is 5.69 Å². The second-order valence-electron chi connectivity index (χ2n) is 15.4. The summed E-state index contributed by atoms with van der Waals surface area (Å²) in [5, 5.41) is 0. The van der Waals surface area contributed by atoms with Crippen molar-refractivity contribution in [1.82, 2.24) is 0 Å². The maximum absolute atomic E-state index is 12.7. The van der Waals surface area contributed by atoms with Crippen LogP contribution in [0.2, 0.25) is 0 Å². The maximum Gasteiger partial charge on any atom is 0.331 e. The van der Waals surface area contributed by atoms with E-state index >= 15 is 0 Å². The molecule has 3 heteroatoms. The largest absolute Gasteiger partial charge is 0.459 e. The first-order chi connectivity index (χ1) is 19.5. The Morgan fingerprint density at radius 2 is 1.76 bits per heavy atom. The number of hydrogen-bond acceptors (Lipinski definition) is 3. The molecule has 4 aliphatic rings. The third-order valence-corrected chi connectivity index (χ3v) is 12.4. The number of esters is 1. The molecule has 4 aliphatic carbocycles. The zero-order valence-corrected chi connectivity index (χ0v) is 27.1. The molecule has 0 aliphatic heterocycles. The standard InChI is InChI=1S/C38H57NO2/c1-26(2)9-8-10-27(3)33-18-19-34-32-17-14-29-25-31(21-23-37(29,4)35(32)22-24-38(33,34)5)41-36(40)20-13-28-11-15-30(16-12-28)39(6)7/h11-16,20,26-27,31-35H,8-10,17-19,21-25H2,1-7H3/b20-13+/t27-,31+,32-,33+,34+,35-,37+,38-/m1/s1. The Labute approximate surface area is 251 Å². The first-order valence-corrected chi connectivity index (χ1v) is 16.9. The molecule has 226 valence electrons. The lowest BCUT2D eigenvalue weighted by atomic mass is 9.47. The molecular formula is C38H57NO2. The van der Waals surface area contributed by atoms with Gasteiger partial charge in [0.15, 0.2) is 0 Å².